The Balaban J connectivity index is 0.00000176. The second-order valence-electron chi connectivity index (χ2n) is 5.07. The van der Waals surface area contributed by atoms with Gasteiger partial charge in [0.2, 0.25) is 0 Å². The van der Waals surface area contributed by atoms with Crippen molar-refractivity contribution in [3.05, 3.63) is 46.3 Å². The molecule has 1 aliphatic rings. The standard InChI is InChI=1S/C16H17ClN2OS.ClH/c17-13-4-2-12(3-5-13)14-6-7-15(21-14)16(20)19-10-1-8-18-9-11-19;/h2-7,18H,1,8-11H2;1H. The van der Waals surface area contributed by atoms with Gasteiger partial charge in [0.25, 0.3) is 5.91 Å². The van der Waals surface area contributed by atoms with Crippen LogP contribution in [-0.2, 0) is 0 Å². The van der Waals surface area contributed by atoms with Crippen molar-refractivity contribution in [2.24, 2.45) is 0 Å². The monoisotopic (exact) mass is 356 g/mol. The van der Waals surface area contributed by atoms with Crippen LogP contribution in [0.3, 0.4) is 0 Å². The molecule has 0 bridgehead atoms. The van der Waals surface area contributed by atoms with E-state index in [4.69, 9.17) is 11.6 Å². The zero-order valence-corrected chi connectivity index (χ0v) is 14.4. The number of hydrogen-bond acceptors (Lipinski definition) is 3. The number of nitrogens with one attached hydrogen (secondary N) is 1. The Morgan fingerprint density at radius 1 is 1.09 bits per heavy atom. The predicted molar refractivity (Wildman–Crippen MR) is 95.4 cm³/mol. The number of carbonyl (C=O) groups excluding carboxylic acids is 1. The summed E-state index contributed by atoms with van der Waals surface area (Å²) in [4.78, 5) is 16.4. The molecule has 1 saturated heterocycles. The zero-order chi connectivity index (χ0) is 14.7. The van der Waals surface area contributed by atoms with Crippen LogP contribution in [0.15, 0.2) is 36.4 Å². The third kappa shape index (κ3) is 4.02. The molecule has 1 aliphatic heterocycles. The van der Waals surface area contributed by atoms with Crippen LogP contribution < -0.4 is 5.32 Å². The van der Waals surface area contributed by atoms with Crippen LogP contribution in [0.1, 0.15) is 16.1 Å². The van der Waals surface area contributed by atoms with Crippen molar-refractivity contribution >= 4 is 41.3 Å². The highest BCUT2D eigenvalue weighted by molar-refractivity contribution is 7.17. The summed E-state index contributed by atoms with van der Waals surface area (Å²) in [6, 6.07) is 11.7. The Labute approximate surface area is 145 Å². The highest BCUT2D eigenvalue weighted by atomic mass is 35.5. The lowest BCUT2D eigenvalue weighted by molar-refractivity contribution is 0.0771. The molecule has 0 unspecified atom stereocenters. The number of carbonyl (C=O) groups is 1. The second-order valence-corrected chi connectivity index (χ2v) is 6.59. The van der Waals surface area contributed by atoms with E-state index in [0.717, 1.165) is 52.9 Å². The smallest absolute Gasteiger partial charge is 0.263 e. The molecular weight excluding hydrogens is 339 g/mol. The molecule has 0 atom stereocenters. The molecule has 1 aromatic carbocycles. The fourth-order valence-electron chi connectivity index (χ4n) is 2.43. The minimum absolute atomic E-state index is 0. The maximum atomic E-state index is 12.5. The van der Waals surface area contributed by atoms with E-state index in [9.17, 15) is 4.79 Å². The van der Waals surface area contributed by atoms with E-state index in [1.54, 1.807) is 11.3 Å². The molecule has 22 heavy (non-hydrogen) atoms. The first-order valence-electron chi connectivity index (χ1n) is 7.10. The van der Waals surface area contributed by atoms with Crippen molar-refractivity contribution in [2.75, 3.05) is 26.2 Å². The quantitative estimate of drug-likeness (QED) is 0.883. The van der Waals surface area contributed by atoms with Crippen LogP contribution >= 0.6 is 35.3 Å². The van der Waals surface area contributed by atoms with Gasteiger partial charge in [-0.3, -0.25) is 4.79 Å². The van der Waals surface area contributed by atoms with E-state index in [1.165, 1.54) is 0 Å². The molecule has 0 spiro atoms. The molecule has 0 saturated carbocycles. The number of hydrogen-bond donors (Lipinski definition) is 1. The predicted octanol–water partition coefficient (Wildman–Crippen LogP) is 3.93. The van der Waals surface area contributed by atoms with E-state index in [0.29, 0.717) is 0 Å². The summed E-state index contributed by atoms with van der Waals surface area (Å²) in [5, 5.41) is 4.04. The number of halogens is 2. The first kappa shape index (κ1) is 17.3. The van der Waals surface area contributed by atoms with Crippen molar-refractivity contribution in [1.82, 2.24) is 10.2 Å². The van der Waals surface area contributed by atoms with Crippen molar-refractivity contribution < 1.29 is 4.79 Å². The van der Waals surface area contributed by atoms with Crippen LogP contribution in [0.5, 0.6) is 0 Å². The van der Waals surface area contributed by atoms with Gasteiger partial charge in [0.15, 0.2) is 0 Å². The summed E-state index contributed by atoms with van der Waals surface area (Å²) in [6.07, 6.45) is 1.02. The van der Waals surface area contributed by atoms with Crippen LogP contribution in [0.25, 0.3) is 10.4 Å². The Hall–Kier alpha value is -1.07. The normalized spacial score (nSPS) is 15.0. The van der Waals surface area contributed by atoms with Gasteiger partial charge in [0.1, 0.15) is 0 Å². The highest BCUT2D eigenvalue weighted by Crippen LogP contribution is 2.29. The lowest BCUT2D eigenvalue weighted by atomic mass is 10.2. The molecular formula is C16H18Cl2N2OS. The summed E-state index contributed by atoms with van der Waals surface area (Å²) in [5.41, 5.74) is 1.10. The lowest BCUT2D eigenvalue weighted by Gasteiger charge is -2.18. The third-order valence-corrected chi connectivity index (χ3v) is 4.95. The molecule has 6 heteroatoms. The third-order valence-electron chi connectivity index (χ3n) is 3.57. The molecule has 1 N–H and O–H groups in total. The van der Waals surface area contributed by atoms with Crippen LogP contribution in [0.4, 0.5) is 0 Å². The number of benzene rings is 1. The van der Waals surface area contributed by atoms with Crippen LogP contribution in [-0.4, -0.2) is 37.0 Å². The SMILES string of the molecule is Cl.O=C(c1ccc(-c2ccc(Cl)cc2)s1)N1CCCNCC1. The summed E-state index contributed by atoms with van der Waals surface area (Å²) in [5.74, 6) is 0.143. The maximum Gasteiger partial charge on any atom is 0.263 e. The Kier molecular flexibility index (Phi) is 6.26. The molecule has 2 aromatic rings. The maximum absolute atomic E-state index is 12.5. The van der Waals surface area contributed by atoms with Crippen molar-refractivity contribution in [2.45, 2.75) is 6.42 Å². The molecule has 0 radical (unpaired) electrons. The summed E-state index contributed by atoms with van der Waals surface area (Å²) < 4.78 is 0. The molecule has 1 amide bonds. The lowest BCUT2D eigenvalue weighted by Crippen LogP contribution is -2.33. The minimum atomic E-state index is 0. The fourth-order valence-corrected chi connectivity index (χ4v) is 3.53. The molecule has 3 nitrogen and oxygen atoms in total. The molecule has 1 aromatic heterocycles. The number of amides is 1. The van der Waals surface area contributed by atoms with Gasteiger partial charge in [0, 0.05) is 29.5 Å². The molecule has 0 aliphatic carbocycles. The molecule has 3 rings (SSSR count). The summed E-state index contributed by atoms with van der Waals surface area (Å²) in [7, 11) is 0. The van der Waals surface area contributed by atoms with Gasteiger partial charge in [-0.1, -0.05) is 23.7 Å². The number of rotatable bonds is 2. The minimum Gasteiger partial charge on any atom is -0.337 e. The van der Waals surface area contributed by atoms with Gasteiger partial charge in [-0.15, -0.1) is 23.7 Å². The molecule has 2 heterocycles. The first-order chi connectivity index (χ1) is 10.2. The summed E-state index contributed by atoms with van der Waals surface area (Å²) in [6.45, 7) is 3.48. The van der Waals surface area contributed by atoms with Crippen LogP contribution in [0, 0.1) is 0 Å². The fraction of sp³-hybridized carbons (Fsp3) is 0.312. The zero-order valence-electron chi connectivity index (χ0n) is 12.0. The van der Waals surface area contributed by atoms with Crippen LogP contribution in [0.2, 0.25) is 5.02 Å². The molecule has 118 valence electrons. The number of nitrogens with zero attached hydrogens (tertiary/aromatic N) is 1. The van der Waals surface area contributed by atoms with Gasteiger partial charge >= 0.3 is 0 Å². The van der Waals surface area contributed by atoms with Gasteiger partial charge < -0.3 is 10.2 Å². The van der Waals surface area contributed by atoms with Crippen molar-refractivity contribution in [1.29, 1.82) is 0 Å². The Morgan fingerprint density at radius 2 is 1.86 bits per heavy atom. The van der Waals surface area contributed by atoms with E-state index < -0.39 is 0 Å². The van der Waals surface area contributed by atoms with E-state index in [2.05, 4.69) is 5.32 Å². The number of thiophene rings is 1. The topological polar surface area (TPSA) is 32.3 Å². The van der Waals surface area contributed by atoms with E-state index in [-0.39, 0.29) is 18.3 Å². The van der Waals surface area contributed by atoms with Gasteiger partial charge in [-0.2, -0.15) is 0 Å². The van der Waals surface area contributed by atoms with Gasteiger partial charge in [-0.05, 0) is 42.8 Å². The van der Waals surface area contributed by atoms with Crippen molar-refractivity contribution in [3.8, 4) is 10.4 Å². The molecule has 1 fully saturated rings. The highest BCUT2D eigenvalue weighted by Gasteiger charge is 2.19. The average Bonchev–Trinajstić information content (AvgIpc) is 2.83. The van der Waals surface area contributed by atoms with E-state index >= 15 is 0 Å². The average molecular weight is 357 g/mol. The van der Waals surface area contributed by atoms with Crippen molar-refractivity contribution in [3.63, 3.8) is 0 Å². The van der Waals surface area contributed by atoms with E-state index in [1.807, 2.05) is 41.3 Å². The summed E-state index contributed by atoms with van der Waals surface area (Å²) >= 11 is 7.45. The largest absolute Gasteiger partial charge is 0.337 e. The van der Waals surface area contributed by atoms with Gasteiger partial charge in [0.05, 0.1) is 4.88 Å². The second kappa shape index (κ2) is 7.97. The first-order valence-corrected chi connectivity index (χ1v) is 8.29. The Bertz CT molecular complexity index is 619. The van der Waals surface area contributed by atoms with Gasteiger partial charge in [-0.25, -0.2) is 0 Å². The Morgan fingerprint density at radius 3 is 2.64 bits per heavy atom.